The molecule has 38 heavy (non-hydrogen) atoms. The van der Waals surface area contributed by atoms with E-state index in [0.29, 0.717) is 5.56 Å². The number of aliphatic carboxylic acids is 1. The molecule has 13 heteroatoms. The Balaban J connectivity index is 2.56. The van der Waals surface area contributed by atoms with Crippen LogP contribution in [0.2, 0.25) is 0 Å². The van der Waals surface area contributed by atoms with Gasteiger partial charge in [0.1, 0.15) is 30.2 Å². The summed E-state index contributed by atoms with van der Waals surface area (Å²) in [4.78, 5) is 35.5. The minimum absolute atomic E-state index is 0.0642. The molecule has 0 fully saturated rings. The van der Waals surface area contributed by atoms with Crippen molar-refractivity contribution in [3.63, 3.8) is 0 Å². The van der Waals surface area contributed by atoms with E-state index < -0.39 is 59.6 Å². The van der Waals surface area contributed by atoms with Crippen LogP contribution in [0.5, 0.6) is 5.75 Å². The van der Waals surface area contributed by atoms with Crippen LogP contribution in [0.4, 0.5) is 28.0 Å². The summed E-state index contributed by atoms with van der Waals surface area (Å²) in [7, 11) is 0. The molecule has 2 rings (SSSR count). The minimum Gasteiger partial charge on any atom is -0.487 e. The van der Waals surface area contributed by atoms with Gasteiger partial charge in [0, 0.05) is 16.1 Å². The van der Waals surface area contributed by atoms with Crippen LogP contribution >= 0.6 is 15.9 Å². The number of hydrogen-bond donors (Lipinski definition) is 2. The van der Waals surface area contributed by atoms with E-state index in [-0.39, 0.29) is 28.0 Å². The highest BCUT2D eigenvalue weighted by molar-refractivity contribution is 9.10. The third kappa shape index (κ3) is 8.89. The standard InChI is InChI=1S/C25H27BrF4N2O6/c1-14(31-23(36)38-24(2,3)4)10-16-17(26)11-18(37-13-15-8-6-5-7-9-15)21(20(16)27)32(12-19(33)34)22(35)25(28,29)30/h5-9,11,14H,10,12-13H2,1-4H3,(H,31,36)(H,33,34)/t14-/m0/s1. The van der Waals surface area contributed by atoms with Crippen LogP contribution in [-0.2, 0) is 27.4 Å². The molecular weight excluding hydrogens is 580 g/mol. The predicted octanol–water partition coefficient (Wildman–Crippen LogP) is 5.60. The number of benzene rings is 2. The van der Waals surface area contributed by atoms with Crippen LogP contribution in [0.15, 0.2) is 40.9 Å². The van der Waals surface area contributed by atoms with Crippen molar-refractivity contribution in [3.8, 4) is 5.75 Å². The topological polar surface area (TPSA) is 105 Å². The Labute approximate surface area is 225 Å². The van der Waals surface area contributed by atoms with E-state index in [0.717, 1.165) is 6.07 Å². The number of carboxylic acids is 1. The molecule has 0 spiro atoms. The molecule has 2 aromatic carbocycles. The molecule has 2 N–H and O–H groups in total. The Bertz CT molecular complexity index is 1170. The number of hydrogen-bond acceptors (Lipinski definition) is 5. The van der Waals surface area contributed by atoms with Crippen molar-refractivity contribution < 1.29 is 46.5 Å². The molecule has 0 aliphatic carbocycles. The molecule has 0 saturated carbocycles. The maximum atomic E-state index is 15.9. The second kappa shape index (κ2) is 12.5. The van der Waals surface area contributed by atoms with E-state index in [1.54, 1.807) is 51.1 Å². The summed E-state index contributed by atoms with van der Waals surface area (Å²) in [5.74, 6) is -6.20. The van der Waals surface area contributed by atoms with Crippen LogP contribution < -0.4 is 15.0 Å². The number of carbonyl (C=O) groups is 3. The molecule has 0 aliphatic heterocycles. The van der Waals surface area contributed by atoms with Gasteiger partial charge in [-0.2, -0.15) is 13.2 Å². The number of nitrogens with zero attached hydrogens (tertiary/aromatic N) is 1. The zero-order valence-corrected chi connectivity index (χ0v) is 22.6. The van der Waals surface area contributed by atoms with Gasteiger partial charge in [-0.15, -0.1) is 0 Å². The summed E-state index contributed by atoms with van der Waals surface area (Å²) in [5.41, 5.74) is -1.44. The first-order chi connectivity index (χ1) is 17.5. The van der Waals surface area contributed by atoms with Gasteiger partial charge in [-0.05, 0) is 45.7 Å². The lowest BCUT2D eigenvalue weighted by Crippen LogP contribution is -2.45. The van der Waals surface area contributed by atoms with Gasteiger partial charge in [-0.1, -0.05) is 46.3 Å². The molecule has 2 amide bonds. The Kier molecular flexibility index (Phi) is 10.1. The molecular formula is C25H27BrF4N2O6. The maximum absolute atomic E-state index is 15.9. The first-order valence-corrected chi connectivity index (χ1v) is 12.1. The smallest absolute Gasteiger partial charge is 0.471 e. The highest BCUT2D eigenvalue weighted by atomic mass is 79.9. The lowest BCUT2D eigenvalue weighted by Gasteiger charge is -2.27. The lowest BCUT2D eigenvalue weighted by molar-refractivity contribution is -0.171. The normalized spacial score (nSPS) is 12.4. The third-order valence-corrected chi connectivity index (χ3v) is 5.52. The zero-order valence-electron chi connectivity index (χ0n) is 21.0. The Hall–Kier alpha value is -3.35. The Morgan fingerprint density at radius 3 is 2.26 bits per heavy atom. The number of alkyl carbamates (subject to hydrolysis) is 1. The molecule has 1 atom stereocenters. The summed E-state index contributed by atoms with van der Waals surface area (Å²) in [6.45, 7) is 4.74. The SMILES string of the molecule is C[C@@H](Cc1c(Br)cc(OCc2ccccc2)c(N(CC(=O)O)C(=O)C(F)(F)F)c1F)NC(=O)OC(C)(C)C. The number of anilines is 1. The number of carbonyl (C=O) groups excluding carboxylic acids is 2. The number of halogens is 5. The third-order valence-electron chi connectivity index (χ3n) is 4.81. The number of alkyl halides is 3. The molecule has 8 nitrogen and oxygen atoms in total. The van der Waals surface area contributed by atoms with Gasteiger partial charge >= 0.3 is 24.1 Å². The van der Waals surface area contributed by atoms with Crippen molar-refractivity contribution in [1.29, 1.82) is 0 Å². The summed E-state index contributed by atoms with van der Waals surface area (Å²) in [5, 5.41) is 11.7. The molecule has 0 aromatic heterocycles. The van der Waals surface area contributed by atoms with Crippen LogP contribution in [0.1, 0.15) is 38.8 Å². The number of ether oxygens (including phenoxy) is 2. The van der Waals surface area contributed by atoms with Gasteiger partial charge < -0.3 is 19.9 Å². The van der Waals surface area contributed by atoms with Crippen molar-refractivity contribution in [3.05, 3.63) is 57.8 Å². The maximum Gasteiger partial charge on any atom is 0.471 e. The predicted molar refractivity (Wildman–Crippen MR) is 133 cm³/mol. The average Bonchev–Trinajstić information content (AvgIpc) is 2.77. The van der Waals surface area contributed by atoms with E-state index in [2.05, 4.69) is 21.2 Å². The monoisotopic (exact) mass is 606 g/mol. The molecule has 0 radical (unpaired) electrons. The van der Waals surface area contributed by atoms with E-state index in [1.165, 1.54) is 6.92 Å². The second-order valence-electron chi connectivity index (χ2n) is 9.31. The van der Waals surface area contributed by atoms with Crippen LogP contribution in [-0.4, -0.2) is 47.4 Å². The summed E-state index contributed by atoms with van der Waals surface area (Å²) in [6.07, 6.45) is -6.56. The molecule has 0 aliphatic rings. The molecule has 208 valence electrons. The second-order valence-corrected chi connectivity index (χ2v) is 10.2. The molecule has 0 bridgehead atoms. The molecule has 2 aromatic rings. The fourth-order valence-electron chi connectivity index (χ4n) is 3.32. The largest absolute Gasteiger partial charge is 0.487 e. The molecule has 0 saturated heterocycles. The van der Waals surface area contributed by atoms with Gasteiger partial charge in [-0.25, -0.2) is 9.18 Å². The fraction of sp³-hybridized carbons (Fsp3) is 0.400. The Morgan fingerprint density at radius 1 is 1.13 bits per heavy atom. The van der Waals surface area contributed by atoms with Gasteiger partial charge in [0.15, 0.2) is 5.82 Å². The molecule has 0 heterocycles. The highest BCUT2D eigenvalue weighted by Crippen LogP contribution is 2.40. The summed E-state index contributed by atoms with van der Waals surface area (Å²) >= 11 is 3.17. The summed E-state index contributed by atoms with van der Waals surface area (Å²) in [6, 6.07) is 8.77. The first-order valence-electron chi connectivity index (χ1n) is 11.3. The van der Waals surface area contributed by atoms with Gasteiger partial charge in [0.05, 0.1) is 0 Å². The van der Waals surface area contributed by atoms with Crippen molar-refractivity contribution in [2.75, 3.05) is 11.4 Å². The number of rotatable bonds is 9. The van der Waals surface area contributed by atoms with E-state index in [1.807, 2.05) is 0 Å². The minimum atomic E-state index is -5.50. The lowest BCUT2D eigenvalue weighted by atomic mass is 10.0. The van der Waals surface area contributed by atoms with Crippen LogP contribution in [0.3, 0.4) is 0 Å². The van der Waals surface area contributed by atoms with Gasteiger partial charge in [0.25, 0.3) is 0 Å². The zero-order chi connectivity index (χ0) is 28.8. The van der Waals surface area contributed by atoms with Crippen LogP contribution in [0.25, 0.3) is 0 Å². The van der Waals surface area contributed by atoms with Crippen molar-refractivity contribution in [2.24, 2.45) is 0 Å². The number of carboxylic acid groups (broad SMARTS) is 1. The van der Waals surface area contributed by atoms with E-state index in [4.69, 9.17) is 9.47 Å². The van der Waals surface area contributed by atoms with E-state index in [9.17, 15) is 32.7 Å². The van der Waals surface area contributed by atoms with Gasteiger partial charge in [0.2, 0.25) is 0 Å². The van der Waals surface area contributed by atoms with Crippen molar-refractivity contribution in [2.45, 2.75) is 58.5 Å². The number of nitrogens with one attached hydrogen (secondary N) is 1. The number of amides is 2. The van der Waals surface area contributed by atoms with Crippen molar-refractivity contribution >= 4 is 39.6 Å². The summed E-state index contributed by atoms with van der Waals surface area (Å²) < 4.78 is 66.9. The first kappa shape index (κ1) is 30.9. The molecule has 0 unspecified atom stereocenters. The highest BCUT2D eigenvalue weighted by Gasteiger charge is 2.45. The van der Waals surface area contributed by atoms with E-state index >= 15 is 4.39 Å². The quantitative estimate of drug-likeness (QED) is 0.360. The fourth-order valence-corrected chi connectivity index (χ4v) is 3.86. The van der Waals surface area contributed by atoms with Gasteiger partial charge in [-0.3, -0.25) is 14.5 Å². The van der Waals surface area contributed by atoms with Crippen LogP contribution in [0, 0.1) is 5.82 Å². The van der Waals surface area contributed by atoms with Crippen molar-refractivity contribution in [1.82, 2.24) is 5.32 Å². The Morgan fingerprint density at radius 2 is 1.74 bits per heavy atom. The average molecular weight is 607 g/mol.